The molecule has 0 aromatic rings. The molecular formula is C7H12N2O5. The lowest BCUT2D eigenvalue weighted by Crippen LogP contribution is -2.35. The molecule has 0 aromatic carbocycles. The van der Waals surface area contributed by atoms with Crippen LogP contribution in [-0.2, 0) is 14.3 Å². The van der Waals surface area contributed by atoms with Gasteiger partial charge in [-0.05, 0) is 6.92 Å². The van der Waals surface area contributed by atoms with E-state index in [0.29, 0.717) is 0 Å². The number of hydrogen-bond acceptors (Lipinski definition) is 4. The van der Waals surface area contributed by atoms with Gasteiger partial charge in [-0.3, -0.25) is 10.1 Å². The van der Waals surface area contributed by atoms with Crippen LogP contribution >= 0.6 is 0 Å². The van der Waals surface area contributed by atoms with Crippen molar-refractivity contribution >= 4 is 17.9 Å². The fraction of sp³-hybridized carbons (Fsp3) is 0.571. The summed E-state index contributed by atoms with van der Waals surface area (Å²) in [6, 6.07) is -0.943. The number of carboxylic acid groups (broad SMARTS) is 1. The molecule has 0 aromatic heterocycles. The zero-order chi connectivity index (χ0) is 11.1. The molecule has 0 radical (unpaired) electrons. The number of carboxylic acids is 1. The van der Waals surface area contributed by atoms with E-state index in [0.717, 1.165) is 0 Å². The summed E-state index contributed by atoms with van der Waals surface area (Å²) in [5.41, 5.74) is 4.67. The molecule has 1 atom stereocenters. The molecule has 0 spiro atoms. The first-order valence-electron chi connectivity index (χ1n) is 3.87. The number of hydrogen-bond donors (Lipinski definition) is 3. The van der Waals surface area contributed by atoms with Gasteiger partial charge in [0.15, 0.2) is 6.10 Å². The molecule has 14 heavy (non-hydrogen) atoms. The highest BCUT2D eigenvalue weighted by Gasteiger charge is 2.11. The molecule has 0 unspecified atom stereocenters. The molecule has 4 N–H and O–H groups in total. The van der Waals surface area contributed by atoms with Crippen molar-refractivity contribution in [1.29, 1.82) is 0 Å². The molecule has 0 heterocycles. The molecule has 0 aliphatic heterocycles. The standard InChI is InChI=1S/C7H12N2O5/c1-4(6(11)12)14-3-2-5(10)9-7(8)13/h4H,2-3H2,1H3,(H,11,12)(H3,8,9,10,13)/t4-/m1/s1. The molecule has 0 rings (SSSR count). The Labute approximate surface area is 80.2 Å². The topological polar surface area (TPSA) is 119 Å². The number of nitrogens with two attached hydrogens (primary N) is 1. The Kier molecular flexibility index (Phi) is 5.23. The fourth-order valence-corrected chi connectivity index (χ4v) is 0.600. The second-order valence-corrected chi connectivity index (χ2v) is 2.51. The normalized spacial score (nSPS) is 11.8. The van der Waals surface area contributed by atoms with E-state index in [9.17, 15) is 14.4 Å². The van der Waals surface area contributed by atoms with Crippen LogP contribution in [0.3, 0.4) is 0 Å². The van der Waals surface area contributed by atoms with Gasteiger partial charge in [0.25, 0.3) is 0 Å². The summed E-state index contributed by atoms with van der Waals surface area (Å²) in [6.07, 6.45) is -1.09. The van der Waals surface area contributed by atoms with E-state index < -0.39 is 24.0 Å². The SMILES string of the molecule is C[C@@H](OCCC(=O)NC(N)=O)C(=O)O. The predicted octanol–water partition coefficient (Wildman–Crippen LogP) is -0.939. The van der Waals surface area contributed by atoms with Crippen LogP contribution in [0.5, 0.6) is 0 Å². The molecule has 0 bridgehead atoms. The third kappa shape index (κ3) is 5.95. The number of carbonyl (C=O) groups excluding carboxylic acids is 2. The van der Waals surface area contributed by atoms with Crippen LogP contribution in [0.25, 0.3) is 0 Å². The monoisotopic (exact) mass is 204 g/mol. The van der Waals surface area contributed by atoms with Crippen molar-refractivity contribution in [2.45, 2.75) is 19.4 Å². The third-order valence-electron chi connectivity index (χ3n) is 1.31. The maximum atomic E-state index is 10.8. The summed E-state index contributed by atoms with van der Waals surface area (Å²) < 4.78 is 4.74. The van der Waals surface area contributed by atoms with Gasteiger partial charge in [0.2, 0.25) is 5.91 Å². The van der Waals surface area contributed by atoms with Crippen molar-refractivity contribution in [3.63, 3.8) is 0 Å². The van der Waals surface area contributed by atoms with Gasteiger partial charge in [-0.25, -0.2) is 9.59 Å². The summed E-state index contributed by atoms with van der Waals surface area (Å²) in [4.78, 5) is 31.2. The van der Waals surface area contributed by atoms with Gasteiger partial charge in [0.1, 0.15) is 0 Å². The average molecular weight is 204 g/mol. The molecule has 7 nitrogen and oxygen atoms in total. The van der Waals surface area contributed by atoms with E-state index in [-0.39, 0.29) is 13.0 Å². The first-order chi connectivity index (χ1) is 6.43. The van der Waals surface area contributed by atoms with E-state index in [1.54, 1.807) is 0 Å². The first-order valence-corrected chi connectivity index (χ1v) is 3.87. The van der Waals surface area contributed by atoms with Crippen LogP contribution in [-0.4, -0.2) is 35.7 Å². The van der Waals surface area contributed by atoms with Gasteiger partial charge < -0.3 is 15.6 Å². The smallest absolute Gasteiger partial charge is 0.332 e. The van der Waals surface area contributed by atoms with Gasteiger partial charge in [-0.15, -0.1) is 0 Å². The second kappa shape index (κ2) is 5.92. The lowest BCUT2D eigenvalue weighted by molar-refractivity contribution is -0.149. The van der Waals surface area contributed by atoms with E-state index >= 15 is 0 Å². The summed E-state index contributed by atoms with van der Waals surface area (Å²) in [5, 5.41) is 10.2. The molecule has 0 fully saturated rings. The van der Waals surface area contributed by atoms with Crippen LogP contribution in [0.4, 0.5) is 4.79 Å². The van der Waals surface area contributed by atoms with Gasteiger partial charge in [-0.2, -0.15) is 0 Å². The average Bonchev–Trinajstić information content (AvgIpc) is 2.02. The van der Waals surface area contributed by atoms with Gasteiger partial charge in [0, 0.05) is 0 Å². The van der Waals surface area contributed by atoms with E-state index in [1.165, 1.54) is 6.92 Å². The molecule has 3 amide bonds. The van der Waals surface area contributed by atoms with E-state index in [2.05, 4.69) is 5.73 Å². The summed E-state index contributed by atoms with van der Waals surface area (Å²) >= 11 is 0. The first kappa shape index (κ1) is 12.4. The van der Waals surface area contributed by atoms with Crippen molar-refractivity contribution < 1.29 is 24.2 Å². The maximum Gasteiger partial charge on any atom is 0.332 e. The minimum atomic E-state index is -1.11. The number of rotatable bonds is 5. The van der Waals surface area contributed by atoms with Crippen LogP contribution in [0.1, 0.15) is 13.3 Å². The number of primary amides is 1. The predicted molar refractivity (Wildman–Crippen MR) is 45.4 cm³/mol. The maximum absolute atomic E-state index is 10.8. The van der Waals surface area contributed by atoms with Crippen molar-refractivity contribution in [3.05, 3.63) is 0 Å². The zero-order valence-electron chi connectivity index (χ0n) is 7.65. The molecule has 0 aliphatic carbocycles. The number of nitrogens with one attached hydrogen (secondary N) is 1. The minimum Gasteiger partial charge on any atom is -0.479 e. The minimum absolute atomic E-state index is 0.0768. The lowest BCUT2D eigenvalue weighted by atomic mass is 10.4. The second-order valence-electron chi connectivity index (χ2n) is 2.51. The molecule has 7 heteroatoms. The largest absolute Gasteiger partial charge is 0.479 e. The quantitative estimate of drug-likeness (QED) is 0.534. The van der Waals surface area contributed by atoms with Crippen molar-refractivity contribution in [2.24, 2.45) is 5.73 Å². The Balaban J connectivity index is 3.59. The highest BCUT2D eigenvalue weighted by Crippen LogP contribution is 1.92. The van der Waals surface area contributed by atoms with Crippen LogP contribution in [0, 0.1) is 0 Å². The summed E-state index contributed by atoms with van der Waals surface area (Å²) in [6.45, 7) is 1.26. The Morgan fingerprint density at radius 1 is 1.50 bits per heavy atom. The number of amides is 3. The highest BCUT2D eigenvalue weighted by atomic mass is 16.5. The lowest BCUT2D eigenvalue weighted by Gasteiger charge is -2.07. The molecule has 0 aliphatic rings. The number of imide groups is 1. The van der Waals surface area contributed by atoms with Crippen molar-refractivity contribution in [1.82, 2.24) is 5.32 Å². The number of carbonyl (C=O) groups is 3. The van der Waals surface area contributed by atoms with Gasteiger partial charge in [-0.1, -0.05) is 0 Å². The molecule has 80 valence electrons. The van der Waals surface area contributed by atoms with Crippen molar-refractivity contribution in [3.8, 4) is 0 Å². The zero-order valence-corrected chi connectivity index (χ0v) is 7.65. The molecule has 0 saturated heterocycles. The van der Waals surface area contributed by atoms with Gasteiger partial charge in [0.05, 0.1) is 13.0 Å². The Morgan fingerprint density at radius 2 is 2.07 bits per heavy atom. The van der Waals surface area contributed by atoms with E-state index in [4.69, 9.17) is 9.84 Å². The number of urea groups is 1. The number of ether oxygens (including phenoxy) is 1. The van der Waals surface area contributed by atoms with E-state index in [1.807, 2.05) is 5.32 Å². The third-order valence-corrected chi connectivity index (χ3v) is 1.31. The summed E-state index contributed by atoms with van der Waals surface area (Å²) in [7, 11) is 0. The van der Waals surface area contributed by atoms with Crippen molar-refractivity contribution in [2.75, 3.05) is 6.61 Å². The van der Waals surface area contributed by atoms with Crippen LogP contribution in [0.2, 0.25) is 0 Å². The fourth-order valence-electron chi connectivity index (χ4n) is 0.600. The summed E-state index contributed by atoms with van der Waals surface area (Å²) in [5.74, 6) is -1.71. The number of aliphatic carboxylic acids is 1. The Morgan fingerprint density at radius 3 is 2.50 bits per heavy atom. The Hall–Kier alpha value is -1.63. The van der Waals surface area contributed by atoms with Crippen LogP contribution < -0.4 is 11.1 Å². The molecular weight excluding hydrogens is 192 g/mol. The highest BCUT2D eigenvalue weighted by molar-refractivity contribution is 5.93. The van der Waals surface area contributed by atoms with Gasteiger partial charge >= 0.3 is 12.0 Å². The van der Waals surface area contributed by atoms with Crippen LogP contribution in [0.15, 0.2) is 0 Å². The molecule has 0 saturated carbocycles. The Bertz CT molecular complexity index is 240.